The first kappa shape index (κ1) is 21.5. The summed E-state index contributed by atoms with van der Waals surface area (Å²) in [6.45, 7) is 1.48. The van der Waals surface area contributed by atoms with Gasteiger partial charge in [0.2, 0.25) is 5.69 Å². The van der Waals surface area contributed by atoms with E-state index < -0.39 is 43.8 Å². The summed E-state index contributed by atoms with van der Waals surface area (Å²) < 4.78 is 49.5. The number of ether oxygens (including phenoxy) is 1. The molecule has 0 bridgehead atoms. The quantitative estimate of drug-likeness (QED) is 0.418. The molecule has 0 aliphatic rings. The Labute approximate surface area is 175 Å². The van der Waals surface area contributed by atoms with Crippen molar-refractivity contribution in [3.05, 3.63) is 81.5 Å². The van der Waals surface area contributed by atoms with Crippen LogP contribution in [0.15, 0.2) is 64.3 Å². The molecular weight excluding hydrogens is 439 g/mol. The fourth-order valence-electron chi connectivity index (χ4n) is 2.45. The lowest BCUT2D eigenvalue weighted by atomic mass is 10.3. The molecule has 30 heavy (non-hydrogen) atoms. The van der Waals surface area contributed by atoms with Crippen LogP contribution >= 0.6 is 11.6 Å². The summed E-state index contributed by atoms with van der Waals surface area (Å²) in [5.41, 5.74) is -1.29. The maximum atomic E-state index is 13.9. The summed E-state index contributed by atoms with van der Waals surface area (Å²) in [6.07, 6.45) is 0. The van der Waals surface area contributed by atoms with Crippen LogP contribution in [0, 0.1) is 5.82 Å². The van der Waals surface area contributed by atoms with Crippen molar-refractivity contribution in [1.29, 1.82) is 0 Å². The van der Waals surface area contributed by atoms with Crippen LogP contribution in [-0.4, -0.2) is 30.8 Å². The Morgan fingerprint density at radius 1 is 1.17 bits per heavy atom. The predicted octanol–water partition coefficient (Wildman–Crippen LogP) is 2.97. The van der Waals surface area contributed by atoms with Gasteiger partial charge in [-0.05, 0) is 31.2 Å². The van der Waals surface area contributed by atoms with Gasteiger partial charge in [0.25, 0.3) is 5.56 Å². The predicted molar refractivity (Wildman–Crippen MR) is 105 cm³/mol. The molecule has 1 heterocycles. The maximum absolute atomic E-state index is 13.9. The highest BCUT2D eigenvalue weighted by Gasteiger charge is 2.27. The van der Waals surface area contributed by atoms with E-state index >= 15 is 0 Å². The van der Waals surface area contributed by atoms with E-state index in [1.54, 1.807) is 12.1 Å². The van der Waals surface area contributed by atoms with E-state index in [4.69, 9.17) is 20.5 Å². The SMILES string of the molecule is CCOC(=O)c1nn(-c2ccccc2Cl)c(=O)cc1OS(=O)(=O)c1ccccc1F. The van der Waals surface area contributed by atoms with Crippen LogP contribution in [-0.2, 0) is 14.9 Å². The van der Waals surface area contributed by atoms with Crippen molar-refractivity contribution in [3.63, 3.8) is 0 Å². The minimum Gasteiger partial charge on any atom is -0.461 e. The zero-order valence-electron chi connectivity index (χ0n) is 15.4. The van der Waals surface area contributed by atoms with Gasteiger partial charge >= 0.3 is 16.1 Å². The number of halogens is 2. The first-order valence-corrected chi connectivity index (χ1v) is 10.3. The molecule has 0 amide bonds. The van der Waals surface area contributed by atoms with Gasteiger partial charge in [0.15, 0.2) is 5.75 Å². The first-order chi connectivity index (χ1) is 14.2. The third-order valence-electron chi connectivity index (χ3n) is 3.75. The largest absolute Gasteiger partial charge is 0.461 e. The van der Waals surface area contributed by atoms with Crippen LogP contribution in [0.5, 0.6) is 5.75 Å². The fraction of sp³-hybridized carbons (Fsp3) is 0.105. The van der Waals surface area contributed by atoms with Crippen molar-refractivity contribution in [2.75, 3.05) is 6.61 Å². The molecule has 3 aromatic rings. The van der Waals surface area contributed by atoms with E-state index in [1.807, 2.05) is 0 Å². The maximum Gasteiger partial charge on any atom is 0.362 e. The Balaban J connectivity index is 2.16. The van der Waals surface area contributed by atoms with E-state index in [9.17, 15) is 22.4 Å². The Hall–Kier alpha value is -3.24. The Bertz CT molecular complexity index is 1280. The number of hydrogen-bond donors (Lipinski definition) is 0. The molecule has 0 atom stereocenters. The van der Waals surface area contributed by atoms with Gasteiger partial charge in [-0.3, -0.25) is 4.79 Å². The lowest BCUT2D eigenvalue weighted by Crippen LogP contribution is -2.26. The zero-order chi connectivity index (χ0) is 21.9. The average Bonchev–Trinajstić information content (AvgIpc) is 2.69. The molecule has 0 saturated heterocycles. The number of benzene rings is 2. The summed E-state index contributed by atoms with van der Waals surface area (Å²) >= 11 is 6.08. The van der Waals surface area contributed by atoms with Gasteiger partial charge < -0.3 is 8.92 Å². The number of carbonyl (C=O) groups is 1. The van der Waals surface area contributed by atoms with Crippen LogP contribution in [0.3, 0.4) is 0 Å². The zero-order valence-corrected chi connectivity index (χ0v) is 17.0. The molecular formula is C19H14ClFN2O6S. The number of esters is 1. The lowest BCUT2D eigenvalue weighted by molar-refractivity contribution is 0.0515. The molecule has 0 fully saturated rings. The first-order valence-electron chi connectivity index (χ1n) is 8.50. The summed E-state index contributed by atoms with van der Waals surface area (Å²) in [4.78, 5) is 24.1. The van der Waals surface area contributed by atoms with Crippen molar-refractivity contribution in [2.24, 2.45) is 0 Å². The van der Waals surface area contributed by atoms with Crippen molar-refractivity contribution in [3.8, 4) is 11.4 Å². The molecule has 0 N–H and O–H groups in total. The number of nitrogens with zero attached hydrogens (tertiary/aromatic N) is 2. The van der Waals surface area contributed by atoms with E-state index in [0.29, 0.717) is 0 Å². The number of para-hydroxylation sites is 1. The monoisotopic (exact) mass is 452 g/mol. The molecule has 11 heteroatoms. The second kappa shape index (κ2) is 8.64. The number of rotatable bonds is 6. The topological polar surface area (TPSA) is 105 Å². The van der Waals surface area contributed by atoms with Crippen molar-refractivity contribution in [2.45, 2.75) is 11.8 Å². The third-order valence-corrected chi connectivity index (χ3v) is 5.34. The van der Waals surface area contributed by atoms with Crippen LogP contribution in [0.1, 0.15) is 17.4 Å². The molecule has 156 valence electrons. The van der Waals surface area contributed by atoms with E-state index in [0.717, 1.165) is 22.9 Å². The summed E-state index contributed by atoms with van der Waals surface area (Å²) in [5.74, 6) is -2.81. The number of carbonyl (C=O) groups excluding carboxylic acids is 1. The Morgan fingerprint density at radius 2 is 1.83 bits per heavy atom. The standard InChI is InChI=1S/C19H14ClFN2O6S/c1-2-28-19(25)18-15(29-30(26,27)16-10-6-4-8-13(16)21)11-17(24)23(22-18)14-9-5-3-7-12(14)20/h3-11H,2H2,1H3. The van der Waals surface area contributed by atoms with Gasteiger partial charge in [-0.25, -0.2) is 9.18 Å². The second-order valence-corrected chi connectivity index (χ2v) is 7.67. The van der Waals surface area contributed by atoms with Crippen LogP contribution in [0.25, 0.3) is 5.69 Å². The second-order valence-electron chi connectivity index (χ2n) is 5.75. The van der Waals surface area contributed by atoms with Crippen LogP contribution in [0.4, 0.5) is 4.39 Å². The Kier molecular flexibility index (Phi) is 6.18. The minimum atomic E-state index is -4.71. The summed E-state index contributed by atoms with van der Waals surface area (Å²) in [7, 11) is -4.71. The molecule has 0 spiro atoms. The molecule has 0 saturated carbocycles. The van der Waals surface area contributed by atoms with Gasteiger partial charge in [-0.2, -0.15) is 18.2 Å². The molecule has 1 aromatic heterocycles. The summed E-state index contributed by atoms with van der Waals surface area (Å²) in [6, 6.07) is 11.4. The molecule has 0 unspecified atom stereocenters. The van der Waals surface area contributed by atoms with Gasteiger partial charge in [0.1, 0.15) is 10.7 Å². The van der Waals surface area contributed by atoms with Crippen molar-refractivity contribution in [1.82, 2.24) is 9.78 Å². The molecule has 0 radical (unpaired) electrons. The van der Waals surface area contributed by atoms with Crippen molar-refractivity contribution < 1.29 is 26.5 Å². The normalized spacial score (nSPS) is 11.2. The van der Waals surface area contributed by atoms with E-state index in [2.05, 4.69) is 5.10 Å². The van der Waals surface area contributed by atoms with Gasteiger partial charge in [-0.15, -0.1) is 0 Å². The Morgan fingerprint density at radius 3 is 2.50 bits per heavy atom. The highest BCUT2D eigenvalue weighted by molar-refractivity contribution is 7.87. The van der Waals surface area contributed by atoms with Crippen LogP contribution < -0.4 is 9.74 Å². The number of hydrogen-bond acceptors (Lipinski definition) is 7. The number of aromatic nitrogens is 2. The van der Waals surface area contributed by atoms with Crippen LogP contribution in [0.2, 0.25) is 5.02 Å². The third kappa shape index (κ3) is 4.34. The summed E-state index contributed by atoms with van der Waals surface area (Å²) in [5, 5.41) is 4.05. The van der Waals surface area contributed by atoms with Gasteiger partial charge in [0, 0.05) is 0 Å². The average molecular weight is 453 g/mol. The highest BCUT2D eigenvalue weighted by atomic mass is 35.5. The molecule has 0 aliphatic heterocycles. The van der Waals surface area contributed by atoms with Gasteiger partial charge in [0.05, 0.1) is 23.4 Å². The molecule has 8 nitrogen and oxygen atoms in total. The van der Waals surface area contributed by atoms with Crippen molar-refractivity contribution >= 4 is 27.7 Å². The minimum absolute atomic E-state index is 0.0504. The lowest BCUT2D eigenvalue weighted by Gasteiger charge is -2.13. The molecule has 0 aliphatic carbocycles. The highest BCUT2D eigenvalue weighted by Crippen LogP contribution is 2.24. The van der Waals surface area contributed by atoms with E-state index in [1.165, 1.54) is 31.2 Å². The van der Waals surface area contributed by atoms with E-state index in [-0.39, 0.29) is 17.3 Å². The molecule has 3 rings (SSSR count). The van der Waals surface area contributed by atoms with Gasteiger partial charge in [-0.1, -0.05) is 35.9 Å². The smallest absolute Gasteiger partial charge is 0.362 e. The fourth-order valence-corrected chi connectivity index (χ4v) is 3.67. The molecule has 2 aromatic carbocycles.